The van der Waals surface area contributed by atoms with Gasteiger partial charge in [-0.25, -0.2) is 15.0 Å². The number of nitrogens with one attached hydrogen (secondary N) is 2. The van der Waals surface area contributed by atoms with E-state index in [2.05, 4.69) is 52.5 Å². The van der Waals surface area contributed by atoms with Gasteiger partial charge in [-0.3, -0.25) is 0 Å². The Bertz CT molecular complexity index is 1080. The first-order chi connectivity index (χ1) is 15.1. The lowest BCUT2D eigenvalue weighted by molar-refractivity contribution is 0.448. The molecule has 158 valence electrons. The molecular weight excluding hydrogens is 456 g/mol. The summed E-state index contributed by atoms with van der Waals surface area (Å²) < 4.78 is 0.758. The van der Waals surface area contributed by atoms with Crippen molar-refractivity contribution >= 4 is 39.1 Å². The van der Waals surface area contributed by atoms with Gasteiger partial charge < -0.3 is 15.5 Å². The monoisotopic (exact) mass is 478 g/mol. The molecule has 0 atom stereocenters. The van der Waals surface area contributed by atoms with Crippen molar-refractivity contribution in [3.05, 3.63) is 58.2 Å². The summed E-state index contributed by atoms with van der Waals surface area (Å²) in [7, 11) is 0. The van der Waals surface area contributed by atoms with Crippen molar-refractivity contribution in [1.29, 1.82) is 5.26 Å². The Balaban J connectivity index is 1.73. The van der Waals surface area contributed by atoms with E-state index < -0.39 is 0 Å². The van der Waals surface area contributed by atoms with E-state index in [1.165, 1.54) is 6.33 Å². The summed E-state index contributed by atoms with van der Waals surface area (Å²) in [6.45, 7) is 5.85. The highest BCUT2D eigenvalue weighted by Crippen LogP contribution is 2.33. The average Bonchev–Trinajstić information content (AvgIpc) is 2.79. The van der Waals surface area contributed by atoms with Crippen LogP contribution in [0.25, 0.3) is 0 Å². The standard InChI is InChI=1S/C22H23BrN8/c1-14-7-16(9-24)8-15(2)20(14)29-21-19(23)12-28-22(30-21)31(17-3-5-25-6-4-17)18-10-26-13-27-11-18/h7-8,10-13,17,25H,3-6H2,1-2H3,(H,28,29,30). The second-order valence-corrected chi connectivity index (χ2v) is 8.39. The predicted octanol–water partition coefficient (Wildman–Crippen LogP) is 4.15. The van der Waals surface area contributed by atoms with Crippen molar-refractivity contribution in [2.75, 3.05) is 23.3 Å². The highest BCUT2D eigenvalue weighted by molar-refractivity contribution is 9.10. The van der Waals surface area contributed by atoms with E-state index in [0.717, 1.165) is 52.9 Å². The van der Waals surface area contributed by atoms with Gasteiger partial charge in [0.2, 0.25) is 5.95 Å². The van der Waals surface area contributed by atoms with Crippen molar-refractivity contribution in [3.8, 4) is 6.07 Å². The van der Waals surface area contributed by atoms with E-state index in [-0.39, 0.29) is 6.04 Å². The van der Waals surface area contributed by atoms with Crippen LogP contribution in [-0.4, -0.2) is 39.1 Å². The molecule has 9 heteroatoms. The molecule has 0 spiro atoms. The third-order valence-electron chi connectivity index (χ3n) is 5.35. The topological polar surface area (TPSA) is 103 Å². The molecule has 0 radical (unpaired) electrons. The first-order valence-electron chi connectivity index (χ1n) is 10.1. The van der Waals surface area contributed by atoms with Gasteiger partial charge in [0.25, 0.3) is 0 Å². The summed E-state index contributed by atoms with van der Waals surface area (Å²) in [4.78, 5) is 20.0. The minimum atomic E-state index is 0.250. The molecule has 1 fully saturated rings. The summed E-state index contributed by atoms with van der Waals surface area (Å²) in [5, 5.41) is 16.1. The highest BCUT2D eigenvalue weighted by Gasteiger charge is 2.26. The summed E-state index contributed by atoms with van der Waals surface area (Å²) >= 11 is 3.57. The molecule has 3 aromatic rings. The maximum absolute atomic E-state index is 9.22. The largest absolute Gasteiger partial charge is 0.339 e. The van der Waals surface area contributed by atoms with E-state index >= 15 is 0 Å². The summed E-state index contributed by atoms with van der Waals surface area (Å²) in [6.07, 6.45) is 8.83. The number of aryl methyl sites for hydroxylation is 2. The fraction of sp³-hybridized carbons (Fsp3) is 0.318. The predicted molar refractivity (Wildman–Crippen MR) is 124 cm³/mol. The van der Waals surface area contributed by atoms with Crippen LogP contribution in [0.5, 0.6) is 0 Å². The number of hydrogen-bond acceptors (Lipinski definition) is 8. The van der Waals surface area contributed by atoms with Gasteiger partial charge >= 0.3 is 0 Å². The van der Waals surface area contributed by atoms with Crippen molar-refractivity contribution in [2.24, 2.45) is 0 Å². The average molecular weight is 479 g/mol. The fourth-order valence-electron chi connectivity index (χ4n) is 3.88. The van der Waals surface area contributed by atoms with Gasteiger partial charge in [-0.1, -0.05) is 0 Å². The highest BCUT2D eigenvalue weighted by atomic mass is 79.9. The van der Waals surface area contributed by atoms with E-state index in [9.17, 15) is 5.26 Å². The molecule has 0 unspecified atom stereocenters. The Kier molecular flexibility index (Phi) is 6.39. The fourth-order valence-corrected chi connectivity index (χ4v) is 4.17. The lowest BCUT2D eigenvalue weighted by atomic mass is 10.0. The number of anilines is 4. The number of piperidine rings is 1. The number of rotatable bonds is 5. The number of nitriles is 1. The number of halogens is 1. The van der Waals surface area contributed by atoms with Gasteiger partial charge in [0.15, 0.2) is 0 Å². The molecule has 0 aliphatic carbocycles. The van der Waals surface area contributed by atoms with Crippen LogP contribution in [0, 0.1) is 25.2 Å². The Morgan fingerprint density at radius 2 is 1.81 bits per heavy atom. The van der Waals surface area contributed by atoms with Crippen molar-refractivity contribution < 1.29 is 0 Å². The molecular formula is C22H23BrN8. The molecule has 0 amide bonds. The number of aromatic nitrogens is 4. The molecule has 3 heterocycles. The van der Waals surface area contributed by atoms with E-state index in [4.69, 9.17) is 4.98 Å². The van der Waals surface area contributed by atoms with Crippen molar-refractivity contribution in [1.82, 2.24) is 25.3 Å². The normalized spacial score (nSPS) is 14.1. The van der Waals surface area contributed by atoms with E-state index in [1.807, 2.05) is 26.0 Å². The second-order valence-electron chi connectivity index (χ2n) is 7.54. The Labute approximate surface area is 189 Å². The molecule has 1 saturated heterocycles. The Morgan fingerprint density at radius 1 is 1.13 bits per heavy atom. The van der Waals surface area contributed by atoms with Crippen LogP contribution in [0.2, 0.25) is 0 Å². The van der Waals surface area contributed by atoms with Crippen LogP contribution in [0.3, 0.4) is 0 Å². The van der Waals surface area contributed by atoms with Gasteiger partial charge in [-0.15, -0.1) is 0 Å². The third kappa shape index (κ3) is 4.65. The number of hydrogen-bond donors (Lipinski definition) is 2. The zero-order chi connectivity index (χ0) is 21.8. The summed E-state index contributed by atoms with van der Waals surface area (Å²) in [5.74, 6) is 1.26. The van der Waals surface area contributed by atoms with Crippen molar-refractivity contribution in [3.63, 3.8) is 0 Å². The smallest absolute Gasteiger partial charge is 0.232 e. The summed E-state index contributed by atoms with van der Waals surface area (Å²) in [5.41, 5.74) is 4.41. The zero-order valence-electron chi connectivity index (χ0n) is 17.4. The molecule has 1 aliphatic rings. The molecule has 0 saturated carbocycles. The lowest BCUT2D eigenvalue weighted by Crippen LogP contribution is -2.41. The second kappa shape index (κ2) is 9.37. The number of nitrogens with zero attached hydrogens (tertiary/aromatic N) is 6. The van der Waals surface area contributed by atoms with Crippen LogP contribution in [0.4, 0.5) is 23.1 Å². The first kappa shape index (κ1) is 21.2. The van der Waals surface area contributed by atoms with Crippen LogP contribution in [-0.2, 0) is 0 Å². The quantitative estimate of drug-likeness (QED) is 0.563. The number of benzene rings is 1. The van der Waals surface area contributed by atoms with Gasteiger partial charge in [-0.2, -0.15) is 10.2 Å². The molecule has 4 rings (SSSR count). The zero-order valence-corrected chi connectivity index (χ0v) is 19.0. The van der Waals surface area contributed by atoms with E-state index in [1.54, 1.807) is 18.6 Å². The molecule has 1 aromatic carbocycles. The Morgan fingerprint density at radius 3 is 2.45 bits per heavy atom. The maximum Gasteiger partial charge on any atom is 0.232 e. The molecule has 2 N–H and O–H groups in total. The molecule has 2 aromatic heterocycles. The molecule has 31 heavy (non-hydrogen) atoms. The lowest BCUT2D eigenvalue weighted by Gasteiger charge is -2.34. The van der Waals surface area contributed by atoms with Gasteiger partial charge in [0.1, 0.15) is 12.1 Å². The SMILES string of the molecule is Cc1cc(C#N)cc(C)c1Nc1nc(N(c2cncnc2)C2CCNCC2)ncc1Br. The first-order valence-corrected chi connectivity index (χ1v) is 10.9. The van der Waals surface area contributed by atoms with Crippen LogP contribution >= 0.6 is 15.9 Å². The molecule has 1 aliphatic heterocycles. The minimum absolute atomic E-state index is 0.250. The van der Waals surface area contributed by atoms with Gasteiger partial charge in [-0.05, 0) is 79.0 Å². The van der Waals surface area contributed by atoms with Crippen molar-refractivity contribution in [2.45, 2.75) is 32.7 Å². The molecule has 0 bridgehead atoms. The van der Waals surface area contributed by atoms with Crippen LogP contribution in [0.1, 0.15) is 29.5 Å². The maximum atomic E-state index is 9.22. The third-order valence-corrected chi connectivity index (χ3v) is 5.93. The minimum Gasteiger partial charge on any atom is -0.339 e. The Hall–Kier alpha value is -3.09. The van der Waals surface area contributed by atoms with Crippen LogP contribution in [0.15, 0.2) is 41.5 Å². The van der Waals surface area contributed by atoms with Gasteiger partial charge in [0.05, 0.1) is 34.2 Å². The summed E-state index contributed by atoms with van der Waals surface area (Å²) in [6, 6.07) is 6.19. The van der Waals surface area contributed by atoms with Crippen LogP contribution < -0.4 is 15.5 Å². The molecule has 8 nitrogen and oxygen atoms in total. The van der Waals surface area contributed by atoms with E-state index in [0.29, 0.717) is 17.3 Å². The van der Waals surface area contributed by atoms with Gasteiger partial charge in [0, 0.05) is 17.9 Å².